The number of rotatable bonds is 4. The molecule has 0 radical (unpaired) electrons. The Labute approximate surface area is 145 Å². The van der Waals surface area contributed by atoms with Gasteiger partial charge < -0.3 is 10.1 Å². The van der Waals surface area contributed by atoms with Gasteiger partial charge in [0.15, 0.2) is 5.11 Å². The van der Waals surface area contributed by atoms with Crippen molar-refractivity contribution in [3.63, 3.8) is 0 Å². The Bertz CT molecular complexity index is 808. The average molecular weight is 337 g/mol. The number of benzene rings is 2. The number of anilines is 1. The summed E-state index contributed by atoms with van der Waals surface area (Å²) in [7, 11) is 1.60. The lowest BCUT2D eigenvalue weighted by Crippen LogP contribution is -2.32. The van der Waals surface area contributed by atoms with Crippen molar-refractivity contribution in [2.24, 2.45) is 0 Å². The van der Waals surface area contributed by atoms with Crippen molar-refractivity contribution >= 4 is 35.0 Å². The Morgan fingerprint density at radius 3 is 2.67 bits per heavy atom. The summed E-state index contributed by atoms with van der Waals surface area (Å²) in [5, 5.41) is 14.4. The number of thiocarbonyl (C=S) groups is 1. The van der Waals surface area contributed by atoms with Crippen LogP contribution in [0.4, 0.5) is 5.69 Å². The molecule has 0 heterocycles. The number of amides is 1. The van der Waals surface area contributed by atoms with Gasteiger partial charge in [0, 0.05) is 11.8 Å². The smallest absolute Gasteiger partial charge is 0.250 e. The molecule has 0 aliphatic rings. The first-order valence-electron chi connectivity index (χ1n) is 7.05. The van der Waals surface area contributed by atoms with Crippen LogP contribution in [0.2, 0.25) is 0 Å². The second-order valence-electron chi connectivity index (χ2n) is 4.74. The first-order chi connectivity index (χ1) is 11.6. The number of carbonyl (C=O) groups is 1. The van der Waals surface area contributed by atoms with Gasteiger partial charge in [-0.25, -0.2) is 0 Å². The fraction of sp³-hybridized carbons (Fsp3) is 0.0556. The van der Waals surface area contributed by atoms with E-state index in [0.717, 1.165) is 11.3 Å². The molecule has 24 heavy (non-hydrogen) atoms. The molecule has 0 aromatic heterocycles. The van der Waals surface area contributed by atoms with E-state index in [-0.39, 0.29) is 11.0 Å². The first kappa shape index (κ1) is 17.2. The van der Waals surface area contributed by atoms with Crippen LogP contribution in [0.3, 0.4) is 0 Å². The SMILES string of the molecule is COc1ccc(/C=C/C(=O)NC(=S)Nc2cccc(C#N)c2)cc1. The van der Waals surface area contributed by atoms with Gasteiger partial charge in [-0.2, -0.15) is 5.26 Å². The standard InChI is InChI=1S/C18H15N3O2S/c1-23-16-8-5-13(6-9-16)7-10-17(22)21-18(24)20-15-4-2-3-14(11-15)12-19/h2-11H,1H3,(H2,20,21,22,24)/b10-7+. The highest BCUT2D eigenvalue weighted by atomic mass is 32.1. The summed E-state index contributed by atoms with van der Waals surface area (Å²) in [6, 6.07) is 16.2. The number of nitriles is 1. The van der Waals surface area contributed by atoms with E-state index in [1.54, 1.807) is 37.5 Å². The van der Waals surface area contributed by atoms with Crippen LogP contribution in [0, 0.1) is 11.3 Å². The highest BCUT2D eigenvalue weighted by molar-refractivity contribution is 7.80. The van der Waals surface area contributed by atoms with Gasteiger partial charge in [-0.3, -0.25) is 10.1 Å². The number of methoxy groups -OCH3 is 1. The maximum Gasteiger partial charge on any atom is 0.250 e. The van der Waals surface area contributed by atoms with Gasteiger partial charge in [-0.05, 0) is 54.2 Å². The van der Waals surface area contributed by atoms with Crippen molar-refractivity contribution in [3.05, 3.63) is 65.7 Å². The molecule has 120 valence electrons. The Morgan fingerprint density at radius 1 is 1.25 bits per heavy atom. The maximum absolute atomic E-state index is 11.9. The van der Waals surface area contributed by atoms with Crippen molar-refractivity contribution in [1.82, 2.24) is 5.32 Å². The van der Waals surface area contributed by atoms with Crippen molar-refractivity contribution in [2.75, 3.05) is 12.4 Å². The van der Waals surface area contributed by atoms with Crippen LogP contribution >= 0.6 is 12.2 Å². The summed E-state index contributed by atoms with van der Waals surface area (Å²) < 4.78 is 5.07. The lowest BCUT2D eigenvalue weighted by molar-refractivity contribution is -0.115. The highest BCUT2D eigenvalue weighted by Crippen LogP contribution is 2.12. The van der Waals surface area contributed by atoms with Crippen LogP contribution in [-0.2, 0) is 4.79 Å². The molecule has 0 aliphatic carbocycles. The molecular formula is C18H15N3O2S. The summed E-state index contributed by atoms with van der Waals surface area (Å²) in [5.41, 5.74) is 2.01. The van der Waals surface area contributed by atoms with E-state index in [4.69, 9.17) is 22.2 Å². The Balaban J connectivity index is 1.89. The fourth-order valence-electron chi connectivity index (χ4n) is 1.87. The van der Waals surface area contributed by atoms with Crippen LogP contribution in [0.15, 0.2) is 54.6 Å². The summed E-state index contributed by atoms with van der Waals surface area (Å²) in [5.74, 6) is 0.404. The van der Waals surface area contributed by atoms with Gasteiger partial charge in [-0.15, -0.1) is 0 Å². The predicted molar refractivity (Wildman–Crippen MR) is 97.5 cm³/mol. The molecule has 0 unspecified atom stereocenters. The summed E-state index contributed by atoms with van der Waals surface area (Å²) in [6.07, 6.45) is 3.06. The number of ether oxygens (including phenoxy) is 1. The Morgan fingerprint density at radius 2 is 2.00 bits per heavy atom. The lowest BCUT2D eigenvalue weighted by atomic mass is 10.2. The molecule has 5 nitrogen and oxygen atoms in total. The molecule has 2 N–H and O–H groups in total. The minimum Gasteiger partial charge on any atom is -0.497 e. The number of hydrogen-bond donors (Lipinski definition) is 2. The molecule has 0 saturated heterocycles. The molecule has 2 aromatic rings. The van der Waals surface area contributed by atoms with Crippen LogP contribution in [0.5, 0.6) is 5.75 Å². The van der Waals surface area contributed by atoms with Gasteiger partial charge in [-0.1, -0.05) is 18.2 Å². The van der Waals surface area contributed by atoms with Crippen molar-refractivity contribution in [2.45, 2.75) is 0 Å². The molecule has 2 aromatic carbocycles. The summed E-state index contributed by atoms with van der Waals surface area (Å²) in [6.45, 7) is 0. The molecule has 0 atom stereocenters. The number of nitrogens with one attached hydrogen (secondary N) is 2. The fourth-order valence-corrected chi connectivity index (χ4v) is 2.09. The Kier molecular flexibility index (Phi) is 6.06. The third-order valence-corrected chi connectivity index (χ3v) is 3.23. The van der Waals surface area contributed by atoms with Gasteiger partial charge in [0.1, 0.15) is 5.75 Å². The van der Waals surface area contributed by atoms with Crippen molar-refractivity contribution < 1.29 is 9.53 Å². The molecular weight excluding hydrogens is 322 g/mol. The zero-order valence-electron chi connectivity index (χ0n) is 12.9. The van der Waals surface area contributed by atoms with E-state index < -0.39 is 0 Å². The van der Waals surface area contributed by atoms with Gasteiger partial charge in [0.25, 0.3) is 0 Å². The average Bonchev–Trinajstić information content (AvgIpc) is 2.60. The van der Waals surface area contributed by atoms with E-state index >= 15 is 0 Å². The molecule has 1 amide bonds. The molecule has 0 saturated carbocycles. The van der Waals surface area contributed by atoms with Crippen LogP contribution in [0.25, 0.3) is 6.08 Å². The first-order valence-corrected chi connectivity index (χ1v) is 7.46. The second kappa shape index (κ2) is 8.46. The molecule has 2 rings (SSSR count). The van der Waals surface area contributed by atoms with E-state index in [9.17, 15) is 4.79 Å². The van der Waals surface area contributed by atoms with Crippen molar-refractivity contribution in [1.29, 1.82) is 5.26 Å². The minimum atomic E-state index is -0.347. The van der Waals surface area contributed by atoms with Crippen LogP contribution in [0.1, 0.15) is 11.1 Å². The Hall–Kier alpha value is -3.17. The van der Waals surface area contributed by atoms with E-state index in [2.05, 4.69) is 10.6 Å². The van der Waals surface area contributed by atoms with Gasteiger partial charge in [0.2, 0.25) is 5.91 Å². The third-order valence-electron chi connectivity index (χ3n) is 3.03. The van der Waals surface area contributed by atoms with Crippen molar-refractivity contribution in [3.8, 4) is 11.8 Å². The molecule has 6 heteroatoms. The second-order valence-corrected chi connectivity index (χ2v) is 5.15. The van der Waals surface area contributed by atoms with Crippen LogP contribution in [-0.4, -0.2) is 18.1 Å². The number of hydrogen-bond acceptors (Lipinski definition) is 4. The normalized spacial score (nSPS) is 10.0. The van der Waals surface area contributed by atoms with Gasteiger partial charge >= 0.3 is 0 Å². The zero-order chi connectivity index (χ0) is 17.4. The zero-order valence-corrected chi connectivity index (χ0v) is 13.8. The van der Waals surface area contributed by atoms with E-state index in [1.165, 1.54) is 6.08 Å². The third kappa shape index (κ3) is 5.23. The molecule has 0 aliphatic heterocycles. The minimum absolute atomic E-state index is 0.162. The van der Waals surface area contributed by atoms with Crippen LogP contribution < -0.4 is 15.4 Å². The maximum atomic E-state index is 11.9. The lowest BCUT2D eigenvalue weighted by Gasteiger charge is -2.08. The molecule has 0 fully saturated rings. The summed E-state index contributed by atoms with van der Waals surface area (Å²) >= 11 is 5.08. The summed E-state index contributed by atoms with van der Waals surface area (Å²) in [4.78, 5) is 11.9. The number of nitrogens with zero attached hydrogens (tertiary/aromatic N) is 1. The molecule has 0 spiro atoms. The number of carbonyl (C=O) groups excluding carboxylic acids is 1. The largest absolute Gasteiger partial charge is 0.497 e. The topological polar surface area (TPSA) is 74.2 Å². The highest BCUT2D eigenvalue weighted by Gasteiger charge is 2.02. The van der Waals surface area contributed by atoms with Gasteiger partial charge in [0.05, 0.1) is 18.7 Å². The van der Waals surface area contributed by atoms with E-state index in [1.807, 2.05) is 30.3 Å². The van der Waals surface area contributed by atoms with E-state index in [0.29, 0.717) is 11.3 Å². The quantitative estimate of drug-likeness (QED) is 0.662. The molecule has 0 bridgehead atoms. The monoisotopic (exact) mass is 337 g/mol. The predicted octanol–water partition coefficient (Wildman–Crippen LogP) is 3.09.